The van der Waals surface area contributed by atoms with Gasteiger partial charge in [-0.3, -0.25) is 0 Å². The van der Waals surface area contributed by atoms with Crippen LogP contribution in [0.1, 0.15) is 12.8 Å². The van der Waals surface area contributed by atoms with Gasteiger partial charge in [0.25, 0.3) is 0 Å². The third-order valence-corrected chi connectivity index (χ3v) is 0.408. The van der Waals surface area contributed by atoms with E-state index < -0.39 is 0 Å². The molecule has 0 heterocycles. The van der Waals surface area contributed by atoms with Gasteiger partial charge in [0.15, 0.2) is 0 Å². The van der Waals surface area contributed by atoms with Crippen molar-refractivity contribution >= 4 is 0 Å². The molecule has 1 heteroatoms. The Hall–Kier alpha value is -0.0400. The summed E-state index contributed by atoms with van der Waals surface area (Å²) in [5.41, 5.74) is 5.06. The predicted molar refractivity (Wildman–Crippen MR) is 22.6 cm³/mol. The fraction of sp³-hybridized carbons (Fsp3) is 0.750. The quantitative estimate of drug-likeness (QED) is 0.502. The molecule has 0 aromatic heterocycles. The topological polar surface area (TPSA) is 26.0 Å². The molecule has 0 aliphatic heterocycles. The maximum Gasteiger partial charge on any atom is -0.00772 e. The van der Waals surface area contributed by atoms with Crippen LogP contribution in [0.4, 0.5) is 0 Å². The molecule has 0 atom stereocenters. The van der Waals surface area contributed by atoms with Crippen LogP contribution in [0.15, 0.2) is 0 Å². The average Bonchev–Trinajstić information content (AvgIpc) is 1.41. The van der Waals surface area contributed by atoms with E-state index in [9.17, 15) is 0 Å². The van der Waals surface area contributed by atoms with Gasteiger partial charge >= 0.3 is 0 Å². The van der Waals surface area contributed by atoms with Gasteiger partial charge in [0.1, 0.15) is 0 Å². The van der Waals surface area contributed by atoms with E-state index >= 15 is 0 Å². The molecule has 0 aliphatic carbocycles. The van der Waals surface area contributed by atoms with Crippen molar-refractivity contribution in [2.75, 3.05) is 6.54 Å². The molecule has 5 heavy (non-hydrogen) atoms. The van der Waals surface area contributed by atoms with Crippen molar-refractivity contribution < 1.29 is 0 Å². The van der Waals surface area contributed by atoms with Crippen LogP contribution in [0, 0.1) is 6.92 Å². The van der Waals surface area contributed by atoms with Gasteiger partial charge in [-0.15, -0.1) is 0 Å². The predicted octanol–water partition coefficient (Wildman–Crippen LogP) is 0.436. The molecule has 2 N–H and O–H groups in total. The maximum atomic E-state index is 5.06. The first-order chi connectivity index (χ1) is 2.41. The highest BCUT2D eigenvalue weighted by molar-refractivity contribution is 4.38. The molecule has 2 radical (unpaired) electrons. The highest BCUT2D eigenvalue weighted by Gasteiger charge is 1.68. The molecule has 0 aromatic rings. The Bertz CT molecular complexity index is 11.1. The number of unbranched alkanes of at least 4 members (excludes halogenated alkanes) is 1. The van der Waals surface area contributed by atoms with Crippen molar-refractivity contribution in [3.8, 4) is 0 Å². The molecule has 0 rings (SSSR count). The molecule has 1 nitrogen and oxygen atoms in total. The van der Waals surface area contributed by atoms with E-state index in [1.165, 1.54) is 0 Å². The van der Waals surface area contributed by atoms with Crippen LogP contribution < -0.4 is 5.73 Å². The van der Waals surface area contributed by atoms with Crippen LogP contribution >= 0.6 is 0 Å². The Morgan fingerprint density at radius 2 is 2.20 bits per heavy atom. The summed E-state index contributed by atoms with van der Waals surface area (Å²) < 4.78 is 0. The molecule has 0 amide bonds. The second-order valence-electron chi connectivity index (χ2n) is 0.931. The SMILES string of the molecule is [CH]CCCN. The number of hydrogen-bond acceptors (Lipinski definition) is 1. The summed E-state index contributed by atoms with van der Waals surface area (Å²) in [7, 11) is 0. The zero-order chi connectivity index (χ0) is 4.12. The van der Waals surface area contributed by atoms with Crippen LogP contribution in [0.3, 0.4) is 0 Å². The zero-order valence-corrected chi connectivity index (χ0v) is 3.28. The fourth-order valence-corrected chi connectivity index (χ4v) is 0.118. The zero-order valence-electron chi connectivity index (χ0n) is 3.28. The first kappa shape index (κ1) is 4.96. The van der Waals surface area contributed by atoms with Crippen LogP contribution in [0.25, 0.3) is 0 Å². The van der Waals surface area contributed by atoms with Crippen LogP contribution in [0.2, 0.25) is 0 Å². The van der Waals surface area contributed by atoms with Crippen molar-refractivity contribution in [2.45, 2.75) is 12.8 Å². The van der Waals surface area contributed by atoms with E-state index in [2.05, 4.69) is 0 Å². The van der Waals surface area contributed by atoms with E-state index in [0.717, 1.165) is 19.4 Å². The number of hydrogen-bond donors (Lipinski definition) is 1. The summed E-state index contributed by atoms with van der Waals surface area (Å²) >= 11 is 0. The van der Waals surface area contributed by atoms with Gasteiger partial charge in [-0.05, 0) is 26.3 Å². The number of rotatable bonds is 2. The summed E-state index contributed by atoms with van der Waals surface area (Å²) in [6.45, 7) is 5.78. The molecule has 0 aliphatic rings. The van der Waals surface area contributed by atoms with Gasteiger partial charge in [-0.2, -0.15) is 0 Å². The molecule has 0 aromatic carbocycles. The lowest BCUT2D eigenvalue weighted by atomic mass is 10.3. The highest BCUT2D eigenvalue weighted by Crippen LogP contribution is 1.76. The Balaban J connectivity index is 2.19. The largest absolute Gasteiger partial charge is 0.330 e. The first-order valence-electron chi connectivity index (χ1n) is 1.82. The van der Waals surface area contributed by atoms with Gasteiger partial charge in [-0.1, -0.05) is 0 Å². The molecule has 0 bridgehead atoms. The first-order valence-corrected chi connectivity index (χ1v) is 1.82. The van der Waals surface area contributed by atoms with E-state index in [1.54, 1.807) is 0 Å². The Morgan fingerprint density at radius 1 is 1.60 bits per heavy atom. The normalized spacial score (nSPS) is 8.40. The molecular formula is C4H9N. The lowest BCUT2D eigenvalue weighted by Crippen LogP contribution is -1.95. The summed E-state index contributed by atoms with van der Waals surface area (Å²) in [5.74, 6) is 0. The molecule has 0 unspecified atom stereocenters. The van der Waals surface area contributed by atoms with Crippen molar-refractivity contribution in [3.63, 3.8) is 0 Å². The van der Waals surface area contributed by atoms with Crippen molar-refractivity contribution in [2.24, 2.45) is 5.73 Å². The highest BCUT2D eigenvalue weighted by atomic mass is 14.5. The molecule has 0 saturated heterocycles. The van der Waals surface area contributed by atoms with Gasteiger partial charge in [0.05, 0.1) is 0 Å². The molecule has 0 spiro atoms. The summed E-state index contributed by atoms with van der Waals surface area (Å²) in [5, 5.41) is 0. The van der Waals surface area contributed by atoms with Gasteiger partial charge in [-0.25, -0.2) is 0 Å². The van der Waals surface area contributed by atoms with Crippen molar-refractivity contribution in [1.29, 1.82) is 0 Å². The minimum atomic E-state index is 0.719. The van der Waals surface area contributed by atoms with Gasteiger partial charge in [0, 0.05) is 0 Å². The summed E-state index contributed by atoms with van der Waals surface area (Å²) in [6.07, 6.45) is 1.66. The van der Waals surface area contributed by atoms with Crippen LogP contribution in [-0.4, -0.2) is 6.54 Å². The standard InChI is InChI=1S/C4H9N/c1-2-3-4-5/h1H,2-5H2. The number of nitrogens with two attached hydrogens (primary N) is 1. The summed E-state index contributed by atoms with van der Waals surface area (Å²) in [4.78, 5) is 0. The van der Waals surface area contributed by atoms with Gasteiger partial charge in [0.2, 0.25) is 0 Å². The Kier molecular flexibility index (Phi) is 3.93. The third kappa shape index (κ3) is 3.96. The van der Waals surface area contributed by atoms with Crippen molar-refractivity contribution in [3.05, 3.63) is 6.92 Å². The molecule has 0 fully saturated rings. The second kappa shape index (κ2) is 3.96. The average molecular weight is 71.1 g/mol. The Morgan fingerprint density at radius 3 is 2.20 bits per heavy atom. The molecule has 0 saturated carbocycles. The second-order valence-corrected chi connectivity index (χ2v) is 0.931. The minimum absolute atomic E-state index is 0.719. The van der Waals surface area contributed by atoms with E-state index in [1.807, 2.05) is 0 Å². The van der Waals surface area contributed by atoms with E-state index in [0.29, 0.717) is 0 Å². The van der Waals surface area contributed by atoms with Crippen LogP contribution in [0.5, 0.6) is 0 Å². The third-order valence-electron chi connectivity index (χ3n) is 0.408. The minimum Gasteiger partial charge on any atom is -0.330 e. The Labute approximate surface area is 33.2 Å². The maximum absolute atomic E-state index is 5.06. The smallest absolute Gasteiger partial charge is 0.00772 e. The van der Waals surface area contributed by atoms with E-state index in [4.69, 9.17) is 12.7 Å². The molecular weight excluding hydrogens is 62.1 g/mol. The lowest BCUT2D eigenvalue weighted by molar-refractivity contribution is 0.853. The monoisotopic (exact) mass is 71.1 g/mol. The van der Waals surface area contributed by atoms with Gasteiger partial charge < -0.3 is 5.73 Å². The lowest BCUT2D eigenvalue weighted by Gasteiger charge is -1.79. The van der Waals surface area contributed by atoms with Crippen LogP contribution in [-0.2, 0) is 0 Å². The fourth-order valence-electron chi connectivity index (χ4n) is 0.118. The molecule has 30 valence electrons. The summed E-state index contributed by atoms with van der Waals surface area (Å²) in [6, 6.07) is 0. The van der Waals surface area contributed by atoms with E-state index in [-0.39, 0.29) is 0 Å². The van der Waals surface area contributed by atoms with Crippen molar-refractivity contribution in [1.82, 2.24) is 0 Å².